The first-order chi connectivity index (χ1) is 18.6. The van der Waals surface area contributed by atoms with Gasteiger partial charge in [-0.05, 0) is 54.5 Å². The average Bonchev–Trinajstić information content (AvgIpc) is 2.85. The molecule has 5 atom stereocenters. The van der Waals surface area contributed by atoms with E-state index in [1.54, 1.807) is 25.1 Å². The summed E-state index contributed by atoms with van der Waals surface area (Å²) in [6.07, 6.45) is -6.12. The van der Waals surface area contributed by atoms with E-state index in [2.05, 4.69) is 0 Å². The van der Waals surface area contributed by atoms with Crippen LogP contribution in [0, 0.1) is 17.8 Å². The predicted molar refractivity (Wildman–Crippen MR) is 135 cm³/mol. The molecule has 2 aromatic carbocycles. The van der Waals surface area contributed by atoms with Crippen LogP contribution in [-0.2, 0) is 22.2 Å². The summed E-state index contributed by atoms with van der Waals surface area (Å²) >= 11 is 0. The van der Waals surface area contributed by atoms with E-state index in [4.69, 9.17) is 5.73 Å². The number of primary amides is 1. The van der Waals surface area contributed by atoms with Crippen LogP contribution in [0.25, 0.3) is 11.1 Å². The minimum atomic E-state index is -4.57. The van der Waals surface area contributed by atoms with Crippen LogP contribution in [0.3, 0.4) is 0 Å². The molecule has 212 valence electrons. The van der Waals surface area contributed by atoms with Gasteiger partial charge >= 0.3 is 6.18 Å². The number of halogens is 3. The van der Waals surface area contributed by atoms with Crippen LogP contribution in [0.15, 0.2) is 41.7 Å². The summed E-state index contributed by atoms with van der Waals surface area (Å²) in [7, 11) is 3.38. The number of fused-ring (bicyclic) bond motifs is 3. The zero-order valence-electron chi connectivity index (χ0n) is 21.5. The minimum absolute atomic E-state index is 0.0175. The summed E-state index contributed by atoms with van der Waals surface area (Å²) < 4.78 is 39.3. The quantitative estimate of drug-likeness (QED) is 0.358. The number of anilines is 1. The maximum atomic E-state index is 13.9. The number of nitrogens with two attached hydrogens (primary N) is 1. The van der Waals surface area contributed by atoms with Crippen LogP contribution in [0.1, 0.15) is 34.3 Å². The molecule has 0 heterocycles. The molecule has 6 N–H and O–H groups in total. The molecular formula is C28H27F3N2O7. The lowest BCUT2D eigenvalue weighted by molar-refractivity contribution is -0.167. The van der Waals surface area contributed by atoms with Crippen molar-refractivity contribution in [3.8, 4) is 16.9 Å². The van der Waals surface area contributed by atoms with Crippen molar-refractivity contribution in [1.82, 2.24) is 0 Å². The third kappa shape index (κ3) is 3.88. The number of aliphatic hydroxyl groups is 3. The number of carbonyl (C=O) groups is 3. The summed E-state index contributed by atoms with van der Waals surface area (Å²) in [5, 5.41) is 44.3. The van der Waals surface area contributed by atoms with Crippen LogP contribution in [0.4, 0.5) is 18.9 Å². The van der Waals surface area contributed by atoms with Gasteiger partial charge < -0.3 is 31.1 Å². The van der Waals surface area contributed by atoms with Gasteiger partial charge in [0.1, 0.15) is 17.4 Å². The molecule has 40 heavy (non-hydrogen) atoms. The van der Waals surface area contributed by atoms with Crippen molar-refractivity contribution < 1.29 is 48.0 Å². The Labute approximate surface area is 226 Å². The fourth-order valence-corrected chi connectivity index (χ4v) is 6.43. The van der Waals surface area contributed by atoms with E-state index < -0.39 is 70.2 Å². The van der Waals surface area contributed by atoms with Gasteiger partial charge in [-0.15, -0.1) is 0 Å². The standard InChI is InChI=1S/C28H27F3N2O7/c1-33(2)17-10-15(11-3-5-13(6-4-11)28(29,30)31)22(35)20-16(17)8-12-7-14-9-18(34)21(26(32)39)25(38)27(14,40)24(37)19(12)23(20)36/h3-6,10,12,14,18,21,34-35,37,40H,7-9H2,1-2H3,(H2,32,39)/t12-,14+,18?,21?,27+/m1/s1. The highest BCUT2D eigenvalue weighted by Gasteiger charge is 2.62. The van der Waals surface area contributed by atoms with Crippen LogP contribution in [0.5, 0.6) is 5.75 Å². The van der Waals surface area contributed by atoms with Crippen molar-refractivity contribution in [2.24, 2.45) is 23.5 Å². The monoisotopic (exact) mass is 560 g/mol. The summed E-state index contributed by atoms with van der Waals surface area (Å²) in [6.45, 7) is 0. The maximum Gasteiger partial charge on any atom is 0.416 e. The zero-order chi connectivity index (χ0) is 29.5. The number of ketones is 2. The van der Waals surface area contributed by atoms with E-state index in [0.29, 0.717) is 11.3 Å². The van der Waals surface area contributed by atoms with E-state index >= 15 is 0 Å². The average molecular weight is 561 g/mol. The number of allylic oxidation sites excluding steroid dienone is 1. The zero-order valence-corrected chi connectivity index (χ0v) is 21.5. The Kier molecular flexibility index (Phi) is 6.27. The maximum absolute atomic E-state index is 13.9. The number of nitrogens with zero attached hydrogens (tertiary/aromatic N) is 1. The van der Waals surface area contributed by atoms with Gasteiger partial charge in [0.05, 0.1) is 17.2 Å². The van der Waals surface area contributed by atoms with Crippen molar-refractivity contribution in [2.45, 2.75) is 37.1 Å². The Balaban J connectivity index is 1.68. The van der Waals surface area contributed by atoms with Crippen molar-refractivity contribution in [3.05, 3.63) is 58.4 Å². The molecular weight excluding hydrogens is 533 g/mol. The first kappa shape index (κ1) is 27.7. The largest absolute Gasteiger partial charge is 0.508 e. The molecule has 0 saturated heterocycles. The Bertz CT molecular complexity index is 1480. The molecule has 9 nitrogen and oxygen atoms in total. The number of amides is 1. The van der Waals surface area contributed by atoms with E-state index in [0.717, 1.165) is 12.1 Å². The minimum Gasteiger partial charge on any atom is -0.508 e. The molecule has 0 spiro atoms. The van der Waals surface area contributed by atoms with Gasteiger partial charge in [0.25, 0.3) is 0 Å². The Morgan fingerprint density at radius 3 is 2.27 bits per heavy atom. The lowest BCUT2D eigenvalue weighted by Gasteiger charge is -2.48. The number of Topliss-reactive ketones (excluding diaryl/α,β-unsaturated/α-hetero) is 2. The van der Waals surface area contributed by atoms with Crippen LogP contribution < -0.4 is 10.6 Å². The second-order valence-electron chi connectivity index (χ2n) is 10.9. The number of hydrogen-bond acceptors (Lipinski definition) is 8. The summed E-state index contributed by atoms with van der Waals surface area (Å²) in [4.78, 5) is 40.6. The van der Waals surface area contributed by atoms with Gasteiger partial charge in [-0.1, -0.05) is 12.1 Å². The van der Waals surface area contributed by atoms with E-state index in [1.165, 1.54) is 12.1 Å². The molecule has 0 bridgehead atoms. The third-order valence-electron chi connectivity index (χ3n) is 8.37. The summed E-state index contributed by atoms with van der Waals surface area (Å²) in [6, 6.07) is 5.60. The number of phenols is 1. The first-order valence-electron chi connectivity index (χ1n) is 12.5. The predicted octanol–water partition coefficient (Wildman–Crippen LogP) is 2.50. The smallest absolute Gasteiger partial charge is 0.416 e. The number of benzene rings is 2. The van der Waals surface area contributed by atoms with Gasteiger partial charge in [0, 0.05) is 36.8 Å². The number of carbonyl (C=O) groups excluding carboxylic acids is 3. The van der Waals surface area contributed by atoms with Crippen LogP contribution >= 0.6 is 0 Å². The normalized spacial score (nSPS) is 28.1. The van der Waals surface area contributed by atoms with Gasteiger partial charge in [-0.25, -0.2) is 0 Å². The molecule has 1 fully saturated rings. The molecule has 3 aliphatic rings. The first-order valence-corrected chi connectivity index (χ1v) is 12.5. The summed E-state index contributed by atoms with van der Waals surface area (Å²) in [5.41, 5.74) is 2.43. The van der Waals surface area contributed by atoms with Gasteiger partial charge in [-0.3, -0.25) is 14.4 Å². The van der Waals surface area contributed by atoms with Crippen molar-refractivity contribution in [2.75, 3.05) is 19.0 Å². The van der Waals surface area contributed by atoms with Crippen LogP contribution in [-0.4, -0.2) is 63.7 Å². The molecule has 3 aliphatic carbocycles. The second-order valence-corrected chi connectivity index (χ2v) is 10.9. The molecule has 0 radical (unpaired) electrons. The lowest BCUT2D eigenvalue weighted by Crippen LogP contribution is -2.63. The van der Waals surface area contributed by atoms with Gasteiger partial charge in [-0.2, -0.15) is 13.2 Å². The van der Waals surface area contributed by atoms with Crippen LogP contribution in [0.2, 0.25) is 0 Å². The molecule has 1 saturated carbocycles. The fourth-order valence-electron chi connectivity index (χ4n) is 6.43. The molecule has 2 aromatic rings. The SMILES string of the molecule is CN(C)c1cc(-c2ccc(C(F)(F)F)cc2)c(O)c2c1C[C@H]1C[C@H]3CC(O)C(C(N)=O)C(=O)[C@@]3(O)C(O)=C1C2=O. The number of aliphatic hydroxyl groups excluding tert-OH is 2. The van der Waals surface area contributed by atoms with Crippen molar-refractivity contribution in [3.63, 3.8) is 0 Å². The molecule has 5 rings (SSSR count). The van der Waals surface area contributed by atoms with E-state index in [1.807, 2.05) is 0 Å². The van der Waals surface area contributed by atoms with Crippen molar-refractivity contribution >= 4 is 23.2 Å². The molecule has 0 aliphatic heterocycles. The second kappa shape index (κ2) is 9.07. The number of phenolic OH excluding ortho intramolecular Hbond substituents is 1. The molecule has 2 unspecified atom stereocenters. The highest BCUT2D eigenvalue weighted by Crippen LogP contribution is 2.53. The molecule has 0 aromatic heterocycles. The van der Waals surface area contributed by atoms with Crippen molar-refractivity contribution in [1.29, 1.82) is 0 Å². The topological polar surface area (TPSA) is 161 Å². The Morgan fingerprint density at radius 1 is 1.10 bits per heavy atom. The highest BCUT2D eigenvalue weighted by atomic mass is 19.4. The van der Waals surface area contributed by atoms with E-state index in [-0.39, 0.29) is 41.5 Å². The van der Waals surface area contributed by atoms with Gasteiger partial charge in [0.15, 0.2) is 17.2 Å². The van der Waals surface area contributed by atoms with Gasteiger partial charge in [0.2, 0.25) is 5.91 Å². The number of rotatable bonds is 3. The molecule has 12 heteroatoms. The fraction of sp³-hybridized carbons (Fsp3) is 0.393. The number of alkyl halides is 3. The Hall–Kier alpha value is -3.90. The molecule has 1 amide bonds. The summed E-state index contributed by atoms with van der Waals surface area (Å²) in [5.74, 6) is -8.20. The highest BCUT2D eigenvalue weighted by molar-refractivity contribution is 6.17. The van der Waals surface area contributed by atoms with E-state index in [9.17, 15) is 48.0 Å². The lowest BCUT2D eigenvalue weighted by atomic mass is 9.57. The number of hydrogen-bond donors (Lipinski definition) is 5. The Morgan fingerprint density at radius 2 is 1.73 bits per heavy atom. The number of aromatic hydroxyl groups is 1. The third-order valence-corrected chi connectivity index (χ3v) is 8.37.